The molecule has 0 fully saturated rings. The Balaban J connectivity index is 2.38. The van der Waals surface area contributed by atoms with Crippen LogP contribution in [-0.4, -0.2) is 6.54 Å². The molecule has 1 N–H and O–H groups in total. The summed E-state index contributed by atoms with van der Waals surface area (Å²) in [5.41, 5.74) is 2.81. The van der Waals surface area contributed by atoms with Crippen molar-refractivity contribution < 1.29 is 0 Å². The SMILES string of the molecule is CCNC(c1ccc(C)c(Br)c1)c1ccc(C(C)(C)C)s1. The van der Waals surface area contributed by atoms with Gasteiger partial charge in [-0.3, -0.25) is 0 Å². The Hall–Kier alpha value is -0.640. The van der Waals surface area contributed by atoms with Crippen LogP contribution in [0.4, 0.5) is 0 Å². The van der Waals surface area contributed by atoms with E-state index in [0.29, 0.717) is 0 Å². The average Bonchev–Trinajstić information content (AvgIpc) is 2.89. The van der Waals surface area contributed by atoms with Crippen molar-refractivity contribution in [1.82, 2.24) is 5.32 Å². The van der Waals surface area contributed by atoms with E-state index in [1.807, 2.05) is 11.3 Å². The molecule has 0 saturated carbocycles. The molecule has 1 aromatic heterocycles. The van der Waals surface area contributed by atoms with Crippen molar-refractivity contribution in [2.45, 2.75) is 46.1 Å². The average molecular weight is 366 g/mol. The first-order valence-electron chi connectivity index (χ1n) is 7.42. The van der Waals surface area contributed by atoms with Gasteiger partial charge in [-0.25, -0.2) is 0 Å². The van der Waals surface area contributed by atoms with Gasteiger partial charge in [0.2, 0.25) is 0 Å². The maximum absolute atomic E-state index is 3.65. The van der Waals surface area contributed by atoms with Crippen LogP contribution < -0.4 is 5.32 Å². The van der Waals surface area contributed by atoms with E-state index < -0.39 is 0 Å². The molecule has 0 spiro atoms. The zero-order chi connectivity index (χ0) is 15.6. The summed E-state index contributed by atoms with van der Waals surface area (Å²) in [7, 11) is 0. The minimum atomic E-state index is 0.216. The van der Waals surface area contributed by atoms with E-state index in [4.69, 9.17) is 0 Å². The third-order valence-corrected chi connectivity index (χ3v) is 6.02. The highest BCUT2D eigenvalue weighted by molar-refractivity contribution is 9.10. The first-order valence-corrected chi connectivity index (χ1v) is 9.03. The minimum absolute atomic E-state index is 0.216. The Labute approximate surface area is 140 Å². The lowest BCUT2D eigenvalue weighted by molar-refractivity contribution is 0.604. The first kappa shape index (κ1) is 16.7. The van der Waals surface area contributed by atoms with Crippen LogP contribution in [0.2, 0.25) is 0 Å². The molecule has 21 heavy (non-hydrogen) atoms. The predicted octanol–water partition coefficient (Wildman–Crippen LogP) is 5.82. The monoisotopic (exact) mass is 365 g/mol. The maximum atomic E-state index is 3.65. The van der Waals surface area contributed by atoms with Crippen molar-refractivity contribution in [3.63, 3.8) is 0 Å². The molecule has 0 bridgehead atoms. The Morgan fingerprint density at radius 3 is 2.43 bits per heavy atom. The second kappa shape index (κ2) is 6.64. The normalized spacial score (nSPS) is 13.4. The van der Waals surface area contributed by atoms with Crippen LogP contribution in [0, 0.1) is 6.92 Å². The van der Waals surface area contributed by atoms with Crippen molar-refractivity contribution in [2.75, 3.05) is 6.54 Å². The molecule has 114 valence electrons. The Morgan fingerprint density at radius 1 is 1.19 bits per heavy atom. The number of hydrogen-bond acceptors (Lipinski definition) is 2. The summed E-state index contributed by atoms with van der Waals surface area (Å²) in [6, 6.07) is 11.5. The minimum Gasteiger partial charge on any atom is -0.306 e. The third kappa shape index (κ3) is 3.97. The molecule has 2 rings (SSSR count). The summed E-state index contributed by atoms with van der Waals surface area (Å²) in [5, 5.41) is 3.62. The summed E-state index contributed by atoms with van der Waals surface area (Å²) in [6.07, 6.45) is 0. The Bertz CT molecular complexity index is 610. The fraction of sp³-hybridized carbons (Fsp3) is 0.444. The summed E-state index contributed by atoms with van der Waals surface area (Å²) >= 11 is 5.57. The number of hydrogen-bond donors (Lipinski definition) is 1. The molecule has 0 aliphatic heterocycles. The van der Waals surface area contributed by atoms with E-state index in [-0.39, 0.29) is 11.5 Å². The van der Waals surface area contributed by atoms with E-state index >= 15 is 0 Å². The van der Waals surface area contributed by atoms with Crippen molar-refractivity contribution in [2.24, 2.45) is 0 Å². The van der Waals surface area contributed by atoms with Gasteiger partial charge >= 0.3 is 0 Å². The lowest BCUT2D eigenvalue weighted by atomic mass is 9.95. The predicted molar refractivity (Wildman–Crippen MR) is 97.4 cm³/mol. The summed E-state index contributed by atoms with van der Waals surface area (Å²) in [4.78, 5) is 2.82. The van der Waals surface area contributed by atoms with Gasteiger partial charge in [-0.05, 0) is 48.2 Å². The quantitative estimate of drug-likeness (QED) is 0.719. The number of halogens is 1. The van der Waals surface area contributed by atoms with Gasteiger partial charge < -0.3 is 5.32 Å². The molecular weight excluding hydrogens is 342 g/mol. The second-order valence-corrected chi connectivity index (χ2v) is 8.42. The van der Waals surface area contributed by atoms with Gasteiger partial charge in [0.05, 0.1) is 6.04 Å². The fourth-order valence-electron chi connectivity index (χ4n) is 2.29. The largest absolute Gasteiger partial charge is 0.306 e. The van der Waals surface area contributed by atoms with E-state index in [1.54, 1.807) is 0 Å². The van der Waals surface area contributed by atoms with Crippen LogP contribution in [0.15, 0.2) is 34.8 Å². The smallest absolute Gasteiger partial charge is 0.0671 e. The molecule has 0 radical (unpaired) electrons. The topological polar surface area (TPSA) is 12.0 Å². The van der Waals surface area contributed by atoms with Crippen LogP contribution in [0.3, 0.4) is 0 Å². The van der Waals surface area contributed by atoms with Crippen LogP contribution in [0.1, 0.15) is 54.6 Å². The molecule has 2 aromatic rings. The van der Waals surface area contributed by atoms with Crippen LogP contribution in [0.5, 0.6) is 0 Å². The Morgan fingerprint density at radius 2 is 1.90 bits per heavy atom. The van der Waals surface area contributed by atoms with Gasteiger partial charge in [0.1, 0.15) is 0 Å². The fourth-order valence-corrected chi connectivity index (χ4v) is 3.85. The van der Waals surface area contributed by atoms with E-state index in [1.165, 1.54) is 25.4 Å². The molecule has 1 heterocycles. The van der Waals surface area contributed by atoms with Crippen molar-refractivity contribution in [3.8, 4) is 0 Å². The van der Waals surface area contributed by atoms with Crippen LogP contribution in [0.25, 0.3) is 0 Å². The maximum Gasteiger partial charge on any atom is 0.0671 e. The molecule has 1 unspecified atom stereocenters. The van der Waals surface area contributed by atoms with Gasteiger partial charge in [-0.2, -0.15) is 0 Å². The van der Waals surface area contributed by atoms with E-state index in [2.05, 4.69) is 86.2 Å². The Kier molecular flexibility index (Phi) is 5.29. The van der Waals surface area contributed by atoms with Crippen molar-refractivity contribution >= 4 is 27.3 Å². The molecule has 1 nitrogen and oxygen atoms in total. The number of rotatable bonds is 4. The molecule has 0 aliphatic carbocycles. The highest BCUT2D eigenvalue weighted by Crippen LogP contribution is 2.35. The number of thiophene rings is 1. The highest BCUT2D eigenvalue weighted by Gasteiger charge is 2.20. The molecule has 1 aromatic carbocycles. The van der Waals surface area contributed by atoms with E-state index in [9.17, 15) is 0 Å². The first-order chi connectivity index (χ1) is 9.82. The van der Waals surface area contributed by atoms with Gasteiger partial charge in [0.15, 0.2) is 0 Å². The van der Waals surface area contributed by atoms with Gasteiger partial charge in [0, 0.05) is 14.2 Å². The van der Waals surface area contributed by atoms with Crippen molar-refractivity contribution in [1.29, 1.82) is 0 Å². The molecule has 1 atom stereocenters. The lowest BCUT2D eigenvalue weighted by Crippen LogP contribution is -2.21. The third-order valence-electron chi connectivity index (χ3n) is 3.59. The molecule has 0 saturated heterocycles. The van der Waals surface area contributed by atoms with E-state index in [0.717, 1.165) is 6.54 Å². The lowest BCUT2D eigenvalue weighted by Gasteiger charge is -2.19. The number of nitrogens with one attached hydrogen (secondary N) is 1. The molecule has 3 heteroatoms. The van der Waals surface area contributed by atoms with Crippen molar-refractivity contribution in [3.05, 3.63) is 55.7 Å². The van der Waals surface area contributed by atoms with Crippen LogP contribution >= 0.6 is 27.3 Å². The molecule has 0 aliphatic rings. The van der Waals surface area contributed by atoms with Crippen LogP contribution in [-0.2, 0) is 5.41 Å². The van der Waals surface area contributed by atoms with Gasteiger partial charge in [0.25, 0.3) is 0 Å². The number of benzene rings is 1. The van der Waals surface area contributed by atoms with Gasteiger partial charge in [-0.15, -0.1) is 11.3 Å². The van der Waals surface area contributed by atoms with Gasteiger partial charge in [-0.1, -0.05) is 55.8 Å². The standard InChI is InChI=1S/C18H24BrNS/c1-6-20-17(13-8-7-12(2)14(19)11-13)15-9-10-16(21-15)18(3,4)5/h7-11,17,20H,6H2,1-5H3. The highest BCUT2D eigenvalue weighted by atomic mass is 79.9. The molecule has 0 amide bonds. The summed E-state index contributed by atoms with van der Waals surface area (Å²) in [6.45, 7) is 12.1. The summed E-state index contributed by atoms with van der Waals surface area (Å²) < 4.78 is 1.18. The molecular formula is C18H24BrNS. The zero-order valence-corrected chi connectivity index (χ0v) is 15.9. The zero-order valence-electron chi connectivity index (χ0n) is 13.5. The number of aryl methyl sites for hydroxylation is 1. The summed E-state index contributed by atoms with van der Waals surface area (Å²) in [5.74, 6) is 0. The second-order valence-electron chi connectivity index (χ2n) is 6.45.